The van der Waals surface area contributed by atoms with Crippen molar-refractivity contribution in [2.45, 2.75) is 50.1 Å². The Bertz CT molecular complexity index is 578. The van der Waals surface area contributed by atoms with Crippen LogP contribution in [-0.2, 0) is 10.0 Å². The molecule has 0 N–H and O–H groups in total. The number of methoxy groups -OCH3 is 1. The number of sulfonamides is 1. The number of ether oxygens (including phenoxy) is 1. The van der Waals surface area contributed by atoms with E-state index in [0.717, 1.165) is 25.3 Å². The highest BCUT2D eigenvalue weighted by Gasteiger charge is 2.37. The van der Waals surface area contributed by atoms with Gasteiger partial charge in [0.15, 0.2) is 0 Å². The van der Waals surface area contributed by atoms with Crippen LogP contribution in [0.1, 0.15) is 33.1 Å². The zero-order valence-corrected chi connectivity index (χ0v) is 12.8. The van der Waals surface area contributed by atoms with Crippen molar-refractivity contribution in [3.63, 3.8) is 0 Å². The summed E-state index contributed by atoms with van der Waals surface area (Å²) in [5.41, 5.74) is 0. The van der Waals surface area contributed by atoms with E-state index in [0.29, 0.717) is 0 Å². The Morgan fingerprint density at radius 1 is 1.25 bits per heavy atom. The van der Waals surface area contributed by atoms with Gasteiger partial charge in [-0.15, -0.1) is 0 Å². The Kier molecular flexibility index (Phi) is 4.34. The van der Waals surface area contributed by atoms with Gasteiger partial charge in [0.1, 0.15) is 16.5 Å². The van der Waals surface area contributed by atoms with Crippen LogP contribution in [0.5, 0.6) is 5.75 Å². The number of rotatable bonds is 3. The van der Waals surface area contributed by atoms with Crippen LogP contribution in [0.3, 0.4) is 0 Å². The minimum atomic E-state index is -3.76. The van der Waals surface area contributed by atoms with E-state index in [1.165, 1.54) is 23.5 Å². The first-order valence-electron chi connectivity index (χ1n) is 6.75. The predicted molar refractivity (Wildman–Crippen MR) is 74.8 cm³/mol. The molecule has 1 aromatic rings. The molecule has 0 aromatic heterocycles. The molecule has 1 aromatic carbocycles. The highest BCUT2D eigenvalue weighted by molar-refractivity contribution is 7.89. The Morgan fingerprint density at radius 2 is 1.85 bits per heavy atom. The summed E-state index contributed by atoms with van der Waals surface area (Å²) in [6.07, 6.45) is 2.65. The van der Waals surface area contributed by atoms with Crippen molar-refractivity contribution in [2.24, 2.45) is 0 Å². The van der Waals surface area contributed by atoms with Gasteiger partial charge < -0.3 is 4.74 Å². The fraction of sp³-hybridized carbons (Fsp3) is 0.571. The Morgan fingerprint density at radius 3 is 2.40 bits per heavy atom. The smallest absolute Gasteiger partial charge is 0.247 e. The topological polar surface area (TPSA) is 46.6 Å². The third kappa shape index (κ3) is 2.67. The van der Waals surface area contributed by atoms with Crippen LogP contribution in [0.15, 0.2) is 23.1 Å². The molecule has 2 unspecified atom stereocenters. The molecule has 0 bridgehead atoms. The lowest BCUT2D eigenvalue weighted by molar-refractivity contribution is 0.203. The molecule has 1 aliphatic heterocycles. The lowest BCUT2D eigenvalue weighted by Crippen LogP contribution is -2.47. The Labute approximate surface area is 119 Å². The maximum absolute atomic E-state index is 13.4. The first kappa shape index (κ1) is 15.3. The predicted octanol–water partition coefficient (Wildman–Crippen LogP) is 2.79. The van der Waals surface area contributed by atoms with Gasteiger partial charge in [0, 0.05) is 12.1 Å². The Balaban J connectivity index is 2.51. The molecule has 0 spiro atoms. The van der Waals surface area contributed by atoms with Gasteiger partial charge >= 0.3 is 0 Å². The number of halogens is 1. The van der Waals surface area contributed by atoms with Crippen molar-refractivity contribution in [2.75, 3.05) is 7.11 Å². The lowest BCUT2D eigenvalue weighted by atomic mass is 10.0. The second kappa shape index (κ2) is 5.69. The second-order valence-electron chi connectivity index (χ2n) is 5.26. The van der Waals surface area contributed by atoms with E-state index in [2.05, 4.69) is 0 Å². The first-order valence-corrected chi connectivity index (χ1v) is 8.19. The fourth-order valence-electron chi connectivity index (χ4n) is 2.84. The van der Waals surface area contributed by atoms with Crippen molar-refractivity contribution in [3.8, 4) is 5.75 Å². The van der Waals surface area contributed by atoms with Crippen LogP contribution in [0.25, 0.3) is 0 Å². The minimum absolute atomic E-state index is 0.0864. The van der Waals surface area contributed by atoms with E-state index in [1.807, 2.05) is 13.8 Å². The van der Waals surface area contributed by atoms with Gasteiger partial charge in [-0.05, 0) is 44.9 Å². The highest BCUT2D eigenvalue weighted by Crippen LogP contribution is 2.33. The third-order valence-electron chi connectivity index (χ3n) is 3.79. The van der Waals surface area contributed by atoms with Crippen LogP contribution in [0.2, 0.25) is 0 Å². The lowest BCUT2D eigenvalue weighted by Gasteiger charge is -2.37. The van der Waals surface area contributed by atoms with E-state index in [9.17, 15) is 12.8 Å². The summed E-state index contributed by atoms with van der Waals surface area (Å²) < 4.78 is 45.6. The average molecular weight is 301 g/mol. The normalized spacial score (nSPS) is 24.6. The Hall–Kier alpha value is -1.14. The van der Waals surface area contributed by atoms with E-state index in [-0.39, 0.29) is 22.7 Å². The van der Waals surface area contributed by atoms with Crippen LogP contribution in [-0.4, -0.2) is 31.9 Å². The minimum Gasteiger partial charge on any atom is -0.495 e. The summed E-state index contributed by atoms with van der Waals surface area (Å²) in [5.74, 6) is -0.405. The maximum atomic E-state index is 13.4. The number of piperidine rings is 1. The molecule has 6 heteroatoms. The molecule has 112 valence electrons. The van der Waals surface area contributed by atoms with Gasteiger partial charge in [-0.25, -0.2) is 12.8 Å². The molecule has 4 nitrogen and oxygen atoms in total. The van der Waals surface area contributed by atoms with Crippen molar-refractivity contribution < 1.29 is 17.5 Å². The van der Waals surface area contributed by atoms with Crippen LogP contribution in [0.4, 0.5) is 4.39 Å². The second-order valence-corrected chi connectivity index (χ2v) is 7.07. The standard InChI is InChI=1S/C14H20FNO3S/c1-10-5-4-6-11(2)16(10)20(17,18)14-9-12(15)7-8-13(14)19-3/h7-11H,4-6H2,1-3H3. The van der Waals surface area contributed by atoms with Gasteiger partial charge in [-0.2, -0.15) is 4.31 Å². The van der Waals surface area contributed by atoms with Crippen molar-refractivity contribution in [1.29, 1.82) is 0 Å². The summed E-state index contributed by atoms with van der Waals surface area (Å²) in [7, 11) is -2.37. The summed E-state index contributed by atoms with van der Waals surface area (Å²) in [5, 5.41) is 0. The van der Waals surface area contributed by atoms with Gasteiger partial charge in [-0.1, -0.05) is 6.42 Å². The van der Waals surface area contributed by atoms with Crippen molar-refractivity contribution in [3.05, 3.63) is 24.0 Å². The molecular weight excluding hydrogens is 281 g/mol. The molecule has 0 saturated carbocycles. The molecular formula is C14H20FNO3S. The van der Waals surface area contributed by atoms with Crippen LogP contribution >= 0.6 is 0 Å². The van der Waals surface area contributed by atoms with E-state index >= 15 is 0 Å². The number of hydrogen-bond acceptors (Lipinski definition) is 3. The molecule has 20 heavy (non-hydrogen) atoms. The van der Waals surface area contributed by atoms with E-state index in [1.54, 1.807) is 0 Å². The van der Waals surface area contributed by atoms with Crippen molar-refractivity contribution >= 4 is 10.0 Å². The maximum Gasteiger partial charge on any atom is 0.247 e. The van der Waals surface area contributed by atoms with Gasteiger partial charge in [-0.3, -0.25) is 0 Å². The molecule has 0 amide bonds. The highest BCUT2D eigenvalue weighted by atomic mass is 32.2. The molecule has 2 atom stereocenters. The van der Waals surface area contributed by atoms with E-state index in [4.69, 9.17) is 4.74 Å². The van der Waals surface area contributed by atoms with Gasteiger partial charge in [0.25, 0.3) is 0 Å². The number of nitrogens with zero attached hydrogens (tertiary/aromatic N) is 1. The first-order chi connectivity index (χ1) is 9.37. The quantitative estimate of drug-likeness (QED) is 0.862. The number of benzene rings is 1. The molecule has 1 fully saturated rings. The number of hydrogen-bond donors (Lipinski definition) is 0. The zero-order chi connectivity index (χ0) is 14.9. The van der Waals surface area contributed by atoms with Crippen LogP contribution in [0, 0.1) is 5.82 Å². The van der Waals surface area contributed by atoms with Crippen molar-refractivity contribution in [1.82, 2.24) is 4.31 Å². The largest absolute Gasteiger partial charge is 0.495 e. The van der Waals surface area contributed by atoms with Gasteiger partial charge in [0.05, 0.1) is 7.11 Å². The third-order valence-corrected chi connectivity index (χ3v) is 5.94. The summed E-state index contributed by atoms with van der Waals surface area (Å²) in [6.45, 7) is 3.78. The molecule has 1 aliphatic rings. The molecule has 0 radical (unpaired) electrons. The summed E-state index contributed by atoms with van der Waals surface area (Å²) in [4.78, 5) is -0.0967. The zero-order valence-electron chi connectivity index (χ0n) is 12.0. The average Bonchev–Trinajstić information content (AvgIpc) is 2.38. The molecule has 1 heterocycles. The molecule has 2 rings (SSSR count). The molecule has 1 saturated heterocycles. The van der Waals surface area contributed by atoms with E-state index < -0.39 is 15.8 Å². The summed E-state index contributed by atoms with van der Waals surface area (Å²) in [6, 6.07) is 3.40. The fourth-order valence-corrected chi connectivity index (χ4v) is 4.89. The molecule has 0 aliphatic carbocycles. The van der Waals surface area contributed by atoms with Gasteiger partial charge in [0.2, 0.25) is 10.0 Å². The van der Waals surface area contributed by atoms with Crippen LogP contribution < -0.4 is 4.74 Å². The SMILES string of the molecule is COc1ccc(F)cc1S(=O)(=O)N1C(C)CCCC1C. The monoisotopic (exact) mass is 301 g/mol. The summed E-state index contributed by atoms with van der Waals surface area (Å²) >= 11 is 0.